The molecule has 1 heterocycles. The molecule has 0 saturated heterocycles. The lowest BCUT2D eigenvalue weighted by Gasteiger charge is -2.38. The maximum Gasteiger partial charge on any atom is 0.326 e. The Hall–Kier alpha value is -2.21. The molecular formula is C17H28N2O9. The minimum atomic E-state index is -1.75. The van der Waals surface area contributed by atoms with Crippen LogP contribution in [0, 0.1) is 5.92 Å². The van der Waals surface area contributed by atoms with Gasteiger partial charge in [-0.1, -0.05) is 20.3 Å². The van der Waals surface area contributed by atoms with Crippen molar-refractivity contribution in [3.63, 3.8) is 0 Å². The Morgan fingerprint density at radius 2 is 1.89 bits per heavy atom. The molecule has 0 unspecified atom stereocenters. The third-order valence-corrected chi connectivity index (χ3v) is 4.58. The summed E-state index contributed by atoms with van der Waals surface area (Å²) >= 11 is 0. The number of rotatable bonds is 9. The van der Waals surface area contributed by atoms with Gasteiger partial charge in [-0.15, -0.1) is 0 Å². The molecule has 2 amide bonds. The van der Waals surface area contributed by atoms with Crippen LogP contribution in [0.1, 0.15) is 27.2 Å². The number of carboxylic acids is 1. The summed E-state index contributed by atoms with van der Waals surface area (Å²) in [5.74, 6) is -3.61. The number of carboxylic acid groups (broad SMARTS) is 1. The SMILES string of the molecule is CC[C@H](C)[C@H](NC(=O)C1=C[C@H](O)[C@@H](NC(C)=O)[C@H]([C@H](O)[C@H](O)CO)O1)C(=O)O. The molecule has 7 N–H and O–H groups in total. The summed E-state index contributed by atoms with van der Waals surface area (Å²) in [5, 5.41) is 53.1. The van der Waals surface area contributed by atoms with Crippen LogP contribution in [0.3, 0.4) is 0 Å². The summed E-state index contributed by atoms with van der Waals surface area (Å²) in [6.45, 7) is 3.73. The zero-order valence-corrected chi connectivity index (χ0v) is 15.9. The van der Waals surface area contributed by atoms with Crippen LogP contribution in [0.4, 0.5) is 0 Å². The van der Waals surface area contributed by atoms with Crippen LogP contribution in [0.15, 0.2) is 11.8 Å². The largest absolute Gasteiger partial charge is 0.480 e. The van der Waals surface area contributed by atoms with E-state index in [1.807, 2.05) is 0 Å². The zero-order chi connectivity index (χ0) is 21.6. The number of aliphatic hydroxyl groups excluding tert-OH is 4. The van der Waals surface area contributed by atoms with Gasteiger partial charge in [-0.05, 0) is 12.0 Å². The second kappa shape index (κ2) is 10.4. The van der Waals surface area contributed by atoms with Crippen LogP contribution in [0.5, 0.6) is 0 Å². The molecular weight excluding hydrogens is 376 g/mol. The molecule has 0 radical (unpaired) electrons. The number of hydrogen-bond donors (Lipinski definition) is 7. The van der Waals surface area contributed by atoms with Crippen molar-refractivity contribution in [2.24, 2.45) is 5.92 Å². The summed E-state index contributed by atoms with van der Waals surface area (Å²) < 4.78 is 5.37. The molecule has 0 aliphatic carbocycles. The first-order chi connectivity index (χ1) is 13.0. The molecule has 11 heteroatoms. The van der Waals surface area contributed by atoms with Crippen molar-refractivity contribution < 1.29 is 44.7 Å². The van der Waals surface area contributed by atoms with E-state index in [0.29, 0.717) is 6.42 Å². The Kier molecular flexibility index (Phi) is 8.82. The molecule has 1 rings (SSSR count). The molecule has 160 valence electrons. The topological polar surface area (TPSA) is 186 Å². The van der Waals surface area contributed by atoms with Crippen molar-refractivity contribution in [3.8, 4) is 0 Å². The molecule has 0 saturated carbocycles. The number of aliphatic carboxylic acids is 1. The van der Waals surface area contributed by atoms with Crippen LogP contribution in [-0.2, 0) is 19.1 Å². The van der Waals surface area contributed by atoms with Crippen molar-refractivity contribution in [1.29, 1.82) is 0 Å². The Bertz CT molecular complexity index is 609. The van der Waals surface area contributed by atoms with Crippen LogP contribution >= 0.6 is 0 Å². The quantitative estimate of drug-likeness (QED) is 0.217. The lowest BCUT2D eigenvalue weighted by molar-refractivity contribution is -0.146. The van der Waals surface area contributed by atoms with Gasteiger partial charge in [-0.25, -0.2) is 4.79 Å². The number of aliphatic hydroxyl groups is 4. The Balaban J connectivity index is 3.10. The highest BCUT2D eigenvalue weighted by Crippen LogP contribution is 2.23. The standard InChI is InChI=1S/C17H28N2O9/c1-4-7(2)12(17(26)27)19-16(25)11-5-9(22)13(18-8(3)21)15(28-11)14(24)10(23)6-20/h5,7,9-10,12-15,20,22-24H,4,6H2,1-3H3,(H,18,21)(H,19,25)(H,26,27)/t7-,9-,10+,12-,13+,14+,15+/m0/s1. The minimum absolute atomic E-state index is 0.389. The first-order valence-electron chi connectivity index (χ1n) is 8.87. The number of hydrogen-bond acceptors (Lipinski definition) is 8. The smallest absolute Gasteiger partial charge is 0.326 e. The van der Waals surface area contributed by atoms with Gasteiger partial charge in [-0.2, -0.15) is 0 Å². The lowest BCUT2D eigenvalue weighted by Crippen LogP contribution is -2.60. The fourth-order valence-corrected chi connectivity index (χ4v) is 2.75. The van der Waals surface area contributed by atoms with Gasteiger partial charge in [0.05, 0.1) is 12.6 Å². The van der Waals surface area contributed by atoms with E-state index in [9.17, 15) is 34.8 Å². The van der Waals surface area contributed by atoms with Gasteiger partial charge in [0.2, 0.25) is 5.91 Å². The van der Waals surface area contributed by atoms with Crippen molar-refractivity contribution in [1.82, 2.24) is 10.6 Å². The van der Waals surface area contributed by atoms with Gasteiger partial charge in [0.15, 0.2) is 11.9 Å². The monoisotopic (exact) mass is 404 g/mol. The van der Waals surface area contributed by atoms with E-state index in [-0.39, 0.29) is 5.92 Å². The fraction of sp³-hybridized carbons (Fsp3) is 0.706. The molecule has 1 aliphatic heterocycles. The van der Waals surface area contributed by atoms with Crippen LogP contribution < -0.4 is 10.6 Å². The molecule has 0 spiro atoms. The molecule has 0 aromatic rings. The molecule has 28 heavy (non-hydrogen) atoms. The maximum absolute atomic E-state index is 12.5. The van der Waals surface area contributed by atoms with Gasteiger partial charge in [0, 0.05) is 6.92 Å². The normalized spacial score (nSPS) is 26.1. The minimum Gasteiger partial charge on any atom is -0.480 e. The van der Waals surface area contributed by atoms with Crippen LogP contribution in [0.25, 0.3) is 0 Å². The number of nitrogens with one attached hydrogen (secondary N) is 2. The average Bonchev–Trinajstić information content (AvgIpc) is 2.64. The van der Waals surface area contributed by atoms with Gasteiger partial charge < -0.3 is 40.9 Å². The summed E-state index contributed by atoms with van der Waals surface area (Å²) in [4.78, 5) is 35.2. The Labute approximate surface area is 162 Å². The highest BCUT2D eigenvalue weighted by Gasteiger charge is 2.43. The third kappa shape index (κ3) is 5.89. The number of amides is 2. The van der Waals surface area contributed by atoms with Crippen molar-refractivity contribution >= 4 is 17.8 Å². The molecule has 7 atom stereocenters. The van der Waals surface area contributed by atoms with Crippen LogP contribution in [-0.4, -0.2) is 86.4 Å². The molecule has 1 aliphatic rings. The van der Waals surface area contributed by atoms with E-state index < -0.39 is 66.6 Å². The van der Waals surface area contributed by atoms with Crippen molar-refractivity contribution in [3.05, 3.63) is 11.8 Å². The van der Waals surface area contributed by atoms with Gasteiger partial charge in [0.1, 0.15) is 24.4 Å². The first-order valence-corrected chi connectivity index (χ1v) is 8.87. The molecule has 11 nitrogen and oxygen atoms in total. The molecule has 0 aromatic carbocycles. The lowest BCUT2D eigenvalue weighted by atomic mass is 9.93. The highest BCUT2D eigenvalue weighted by molar-refractivity contribution is 5.94. The number of carbonyl (C=O) groups is 3. The highest BCUT2D eigenvalue weighted by atomic mass is 16.5. The second-order valence-electron chi connectivity index (χ2n) is 6.75. The zero-order valence-electron chi connectivity index (χ0n) is 15.9. The molecule has 0 fully saturated rings. The van der Waals surface area contributed by atoms with Crippen molar-refractivity contribution in [2.75, 3.05) is 6.61 Å². The van der Waals surface area contributed by atoms with Gasteiger partial charge in [0.25, 0.3) is 5.91 Å². The summed E-state index contributed by atoms with van der Waals surface area (Å²) in [6, 6.07) is -2.42. The van der Waals surface area contributed by atoms with E-state index in [2.05, 4.69) is 10.6 Å². The van der Waals surface area contributed by atoms with Crippen LogP contribution in [0.2, 0.25) is 0 Å². The predicted octanol–water partition coefficient (Wildman–Crippen LogP) is -2.54. The van der Waals surface area contributed by atoms with E-state index in [4.69, 9.17) is 9.84 Å². The molecule has 0 bridgehead atoms. The summed E-state index contributed by atoms with van der Waals surface area (Å²) in [5.41, 5.74) is 0. The number of carbonyl (C=O) groups excluding carboxylic acids is 2. The molecule has 0 aromatic heterocycles. The predicted molar refractivity (Wildman–Crippen MR) is 94.7 cm³/mol. The third-order valence-electron chi connectivity index (χ3n) is 4.58. The van der Waals surface area contributed by atoms with E-state index in [1.54, 1.807) is 13.8 Å². The summed E-state index contributed by atoms with van der Waals surface area (Å²) in [7, 11) is 0. The van der Waals surface area contributed by atoms with E-state index in [1.165, 1.54) is 0 Å². The average molecular weight is 404 g/mol. The van der Waals surface area contributed by atoms with E-state index in [0.717, 1.165) is 13.0 Å². The summed E-state index contributed by atoms with van der Waals surface area (Å²) in [6.07, 6.45) is -4.91. The fourth-order valence-electron chi connectivity index (χ4n) is 2.75. The number of ether oxygens (including phenoxy) is 1. The van der Waals surface area contributed by atoms with Gasteiger partial charge in [-0.3, -0.25) is 9.59 Å². The van der Waals surface area contributed by atoms with E-state index >= 15 is 0 Å². The van der Waals surface area contributed by atoms with Crippen molar-refractivity contribution in [2.45, 2.75) is 63.7 Å². The van der Waals surface area contributed by atoms with Gasteiger partial charge >= 0.3 is 5.97 Å². The second-order valence-corrected chi connectivity index (χ2v) is 6.75. The Morgan fingerprint density at radius 1 is 1.29 bits per heavy atom. The maximum atomic E-state index is 12.5. The Morgan fingerprint density at radius 3 is 2.36 bits per heavy atom. The first kappa shape index (κ1) is 23.8.